The van der Waals surface area contributed by atoms with E-state index >= 15 is 0 Å². The summed E-state index contributed by atoms with van der Waals surface area (Å²) in [4.78, 5) is 0. The lowest BCUT2D eigenvalue weighted by molar-refractivity contribution is 0.276. The second-order valence-electron chi connectivity index (χ2n) is 6.16. The molecule has 0 fully saturated rings. The number of phenols is 1. The van der Waals surface area contributed by atoms with Gasteiger partial charge in [-0.2, -0.15) is 0 Å². The molecule has 124 valence electrons. The molecule has 1 aromatic heterocycles. The minimum absolute atomic E-state index is 0.125. The van der Waals surface area contributed by atoms with Crippen LogP contribution in [0.2, 0.25) is 0 Å². The predicted molar refractivity (Wildman–Crippen MR) is 101 cm³/mol. The maximum absolute atomic E-state index is 10.0. The fourth-order valence-corrected chi connectivity index (χ4v) is 3.28. The third kappa shape index (κ3) is 2.90. The Hall–Kier alpha value is -3.04. The molecule has 0 aliphatic rings. The van der Waals surface area contributed by atoms with Gasteiger partial charge in [0.05, 0.1) is 6.61 Å². The standard InChI is InChI=1S/C22H19NO2/c24-15-20-19(7-4-8-22(20)25)18-10-9-17-11-12-23(21(17)13-18)14-16-5-2-1-3-6-16/h1-13,24-25H,14-15H2. The van der Waals surface area contributed by atoms with Crippen LogP contribution in [-0.2, 0) is 13.2 Å². The van der Waals surface area contributed by atoms with Gasteiger partial charge in [0, 0.05) is 23.8 Å². The fraction of sp³-hybridized carbons (Fsp3) is 0.0909. The molecule has 0 atom stereocenters. The Balaban J connectivity index is 1.80. The SMILES string of the molecule is OCc1c(O)cccc1-c1ccc2ccn(Cc3ccccc3)c2c1. The van der Waals surface area contributed by atoms with Gasteiger partial charge in [-0.05, 0) is 40.3 Å². The Kier molecular flexibility index (Phi) is 4.00. The monoisotopic (exact) mass is 329 g/mol. The lowest BCUT2D eigenvalue weighted by Crippen LogP contribution is -1.97. The molecule has 0 saturated heterocycles. The second-order valence-corrected chi connectivity index (χ2v) is 6.16. The van der Waals surface area contributed by atoms with Gasteiger partial charge in [-0.1, -0.05) is 54.6 Å². The van der Waals surface area contributed by atoms with Crippen LogP contribution in [-0.4, -0.2) is 14.8 Å². The van der Waals surface area contributed by atoms with Crippen LogP contribution < -0.4 is 0 Å². The van der Waals surface area contributed by atoms with E-state index in [4.69, 9.17) is 0 Å². The summed E-state index contributed by atoms with van der Waals surface area (Å²) in [5, 5.41) is 20.8. The molecule has 4 rings (SSSR count). The number of aromatic nitrogens is 1. The van der Waals surface area contributed by atoms with Gasteiger partial charge in [-0.3, -0.25) is 0 Å². The molecular formula is C22H19NO2. The van der Waals surface area contributed by atoms with E-state index in [1.54, 1.807) is 12.1 Å². The summed E-state index contributed by atoms with van der Waals surface area (Å²) in [7, 11) is 0. The molecule has 4 aromatic rings. The Bertz CT molecular complexity index is 1020. The van der Waals surface area contributed by atoms with E-state index < -0.39 is 0 Å². The van der Waals surface area contributed by atoms with Gasteiger partial charge in [0.25, 0.3) is 0 Å². The zero-order valence-electron chi connectivity index (χ0n) is 13.8. The zero-order chi connectivity index (χ0) is 17.2. The molecule has 0 aliphatic heterocycles. The van der Waals surface area contributed by atoms with E-state index in [0.717, 1.165) is 23.2 Å². The van der Waals surface area contributed by atoms with E-state index in [9.17, 15) is 10.2 Å². The van der Waals surface area contributed by atoms with Crippen molar-refractivity contribution in [3.8, 4) is 16.9 Å². The van der Waals surface area contributed by atoms with Crippen LogP contribution in [0.3, 0.4) is 0 Å². The Morgan fingerprint density at radius 3 is 2.48 bits per heavy atom. The molecule has 25 heavy (non-hydrogen) atoms. The van der Waals surface area contributed by atoms with Crippen LogP contribution in [0, 0.1) is 0 Å². The van der Waals surface area contributed by atoms with Gasteiger partial charge < -0.3 is 14.8 Å². The van der Waals surface area contributed by atoms with Crippen LogP contribution >= 0.6 is 0 Å². The number of hydrogen-bond donors (Lipinski definition) is 2. The van der Waals surface area contributed by atoms with Crippen LogP contribution in [0.1, 0.15) is 11.1 Å². The first kappa shape index (κ1) is 15.5. The van der Waals surface area contributed by atoms with Crippen molar-refractivity contribution >= 4 is 10.9 Å². The van der Waals surface area contributed by atoms with Gasteiger partial charge in [0.15, 0.2) is 0 Å². The molecule has 3 aromatic carbocycles. The minimum Gasteiger partial charge on any atom is -0.508 e. The normalized spacial score (nSPS) is 11.1. The van der Waals surface area contributed by atoms with Crippen molar-refractivity contribution in [3.63, 3.8) is 0 Å². The van der Waals surface area contributed by atoms with Crippen molar-refractivity contribution in [2.45, 2.75) is 13.2 Å². The molecule has 0 amide bonds. The van der Waals surface area contributed by atoms with Crippen molar-refractivity contribution < 1.29 is 10.2 Å². The van der Waals surface area contributed by atoms with Gasteiger partial charge in [-0.15, -0.1) is 0 Å². The first-order chi connectivity index (χ1) is 12.3. The summed E-state index contributed by atoms with van der Waals surface area (Å²) in [6.07, 6.45) is 2.09. The maximum atomic E-state index is 10.0. The second kappa shape index (κ2) is 6.46. The smallest absolute Gasteiger partial charge is 0.121 e. The Labute approximate surface area is 146 Å². The molecule has 3 heteroatoms. The van der Waals surface area contributed by atoms with E-state index in [0.29, 0.717) is 5.56 Å². The van der Waals surface area contributed by atoms with Crippen LogP contribution in [0.4, 0.5) is 0 Å². The van der Waals surface area contributed by atoms with Crippen molar-refractivity contribution in [1.29, 1.82) is 0 Å². The molecule has 3 nitrogen and oxygen atoms in total. The highest BCUT2D eigenvalue weighted by Gasteiger charge is 2.10. The Morgan fingerprint density at radius 2 is 1.68 bits per heavy atom. The summed E-state index contributed by atoms with van der Waals surface area (Å²) < 4.78 is 2.22. The van der Waals surface area contributed by atoms with E-state index in [1.165, 1.54) is 10.9 Å². The number of aliphatic hydroxyl groups is 1. The van der Waals surface area contributed by atoms with Crippen LogP contribution in [0.25, 0.3) is 22.0 Å². The van der Waals surface area contributed by atoms with E-state index in [2.05, 4.69) is 41.1 Å². The number of fused-ring (bicyclic) bond motifs is 1. The van der Waals surface area contributed by atoms with E-state index in [1.807, 2.05) is 30.3 Å². The molecule has 0 spiro atoms. The summed E-state index contributed by atoms with van der Waals surface area (Å²) in [6.45, 7) is 0.617. The average molecular weight is 329 g/mol. The third-order valence-corrected chi connectivity index (χ3v) is 4.59. The van der Waals surface area contributed by atoms with Gasteiger partial charge in [-0.25, -0.2) is 0 Å². The van der Waals surface area contributed by atoms with Crippen LogP contribution in [0.15, 0.2) is 79.0 Å². The Morgan fingerprint density at radius 1 is 0.840 bits per heavy atom. The lowest BCUT2D eigenvalue weighted by atomic mass is 9.98. The van der Waals surface area contributed by atoms with Crippen molar-refractivity contribution in [3.05, 3.63) is 90.1 Å². The molecule has 0 bridgehead atoms. The number of nitrogens with zero attached hydrogens (tertiary/aromatic N) is 1. The topological polar surface area (TPSA) is 45.4 Å². The number of aromatic hydroxyl groups is 1. The minimum atomic E-state index is -0.189. The average Bonchev–Trinajstić information content (AvgIpc) is 3.04. The van der Waals surface area contributed by atoms with E-state index in [-0.39, 0.29) is 12.4 Å². The van der Waals surface area contributed by atoms with Gasteiger partial charge in [0.2, 0.25) is 0 Å². The number of benzene rings is 3. The van der Waals surface area contributed by atoms with Crippen molar-refractivity contribution in [2.75, 3.05) is 0 Å². The maximum Gasteiger partial charge on any atom is 0.121 e. The lowest BCUT2D eigenvalue weighted by Gasteiger charge is -2.11. The van der Waals surface area contributed by atoms with Gasteiger partial charge in [0.1, 0.15) is 5.75 Å². The quantitative estimate of drug-likeness (QED) is 0.577. The molecule has 0 unspecified atom stereocenters. The fourth-order valence-electron chi connectivity index (χ4n) is 3.28. The third-order valence-electron chi connectivity index (χ3n) is 4.59. The molecular weight excluding hydrogens is 310 g/mol. The number of hydrogen-bond acceptors (Lipinski definition) is 2. The zero-order valence-corrected chi connectivity index (χ0v) is 13.8. The summed E-state index contributed by atoms with van der Waals surface area (Å²) in [5.74, 6) is 0.125. The number of rotatable bonds is 4. The van der Waals surface area contributed by atoms with Gasteiger partial charge >= 0.3 is 0 Å². The van der Waals surface area contributed by atoms with Crippen molar-refractivity contribution in [1.82, 2.24) is 4.57 Å². The first-order valence-corrected chi connectivity index (χ1v) is 8.31. The molecule has 2 N–H and O–H groups in total. The molecule has 1 heterocycles. The van der Waals surface area contributed by atoms with Crippen molar-refractivity contribution in [2.24, 2.45) is 0 Å². The summed E-state index contributed by atoms with van der Waals surface area (Å²) in [6, 6.07) is 24.0. The summed E-state index contributed by atoms with van der Waals surface area (Å²) >= 11 is 0. The highest BCUT2D eigenvalue weighted by atomic mass is 16.3. The predicted octanol–water partition coefficient (Wildman–Crippen LogP) is 4.55. The first-order valence-electron chi connectivity index (χ1n) is 8.31. The summed E-state index contributed by atoms with van der Waals surface area (Å²) in [5.41, 5.74) is 4.78. The highest BCUT2D eigenvalue weighted by molar-refractivity contribution is 5.86. The number of aliphatic hydroxyl groups excluding tert-OH is 1. The highest BCUT2D eigenvalue weighted by Crippen LogP contribution is 2.32. The molecule has 0 radical (unpaired) electrons. The largest absolute Gasteiger partial charge is 0.508 e. The molecule has 0 aliphatic carbocycles. The van der Waals surface area contributed by atoms with Crippen LogP contribution in [0.5, 0.6) is 5.75 Å². The molecule has 0 saturated carbocycles.